The maximum Gasteiger partial charge on any atom is 1.00 e. The summed E-state index contributed by atoms with van der Waals surface area (Å²) < 4.78 is 5.90. The largest absolute Gasteiger partial charge is 1.00 e. The van der Waals surface area contributed by atoms with Crippen LogP contribution in [0.1, 0.15) is 34.9 Å². The van der Waals surface area contributed by atoms with Crippen molar-refractivity contribution in [3.8, 4) is 11.1 Å². The van der Waals surface area contributed by atoms with Crippen molar-refractivity contribution in [1.82, 2.24) is 5.32 Å². The van der Waals surface area contributed by atoms with Crippen LogP contribution < -0.4 is 24.2 Å². The van der Waals surface area contributed by atoms with E-state index in [1.807, 2.05) is 73.8 Å². The normalized spacial score (nSPS) is 11.4. The molecule has 0 saturated heterocycles. The Morgan fingerprint density at radius 3 is 2.50 bits per heavy atom. The van der Waals surface area contributed by atoms with Gasteiger partial charge < -0.3 is 16.6 Å². The standard InChI is InChI=1S/C28H30ClNO4S.Li.H/c1-19-7-3-5-9-22(19)24-17-20(18-34-15-13-21-8-4-6-10-25(21)29)11-12-23(24)27(31)30-26(28(32)33)14-16-35-2;;/h3-12,17,26H,13-16,18H2,1-2H3,(H,30,31)(H,32,33);;/q;+1;-1. The SMILES string of the molecule is CSCCC(NC(=O)c1ccc(COCCc2ccccc2Cl)cc1-c1ccccc1C)C(=O)O.[H-].[Li+]. The van der Waals surface area contributed by atoms with Crippen LogP contribution in [-0.4, -0.2) is 41.6 Å². The number of thioether (sulfide) groups is 1. The summed E-state index contributed by atoms with van der Waals surface area (Å²) in [7, 11) is 0. The van der Waals surface area contributed by atoms with E-state index in [1.54, 1.807) is 17.8 Å². The van der Waals surface area contributed by atoms with Crippen molar-refractivity contribution < 1.29 is 39.7 Å². The van der Waals surface area contributed by atoms with Crippen LogP contribution in [0.25, 0.3) is 11.1 Å². The first-order chi connectivity index (χ1) is 16.9. The molecular weight excluding hydrogens is 489 g/mol. The van der Waals surface area contributed by atoms with Gasteiger partial charge in [-0.2, -0.15) is 11.8 Å². The number of carbonyl (C=O) groups excluding carboxylic acids is 1. The first-order valence-corrected chi connectivity index (χ1v) is 13.2. The summed E-state index contributed by atoms with van der Waals surface area (Å²) in [5.41, 5.74) is 5.10. The van der Waals surface area contributed by atoms with Gasteiger partial charge in [-0.05, 0) is 77.8 Å². The van der Waals surface area contributed by atoms with Crippen LogP contribution in [0.3, 0.4) is 0 Å². The fourth-order valence-corrected chi connectivity index (χ4v) is 4.48. The van der Waals surface area contributed by atoms with Crippen LogP contribution >= 0.6 is 23.4 Å². The van der Waals surface area contributed by atoms with Crippen LogP contribution in [0.5, 0.6) is 0 Å². The molecule has 3 aromatic rings. The minimum absolute atomic E-state index is 0. The average Bonchev–Trinajstić information content (AvgIpc) is 2.85. The predicted molar refractivity (Wildman–Crippen MR) is 144 cm³/mol. The Kier molecular flexibility index (Phi) is 12.6. The van der Waals surface area contributed by atoms with Crippen LogP contribution in [-0.2, 0) is 22.6 Å². The van der Waals surface area contributed by atoms with Gasteiger partial charge in [0.05, 0.1) is 13.2 Å². The Morgan fingerprint density at radius 1 is 1.08 bits per heavy atom. The van der Waals surface area contributed by atoms with E-state index in [0.717, 1.165) is 32.8 Å². The van der Waals surface area contributed by atoms with Gasteiger partial charge in [-0.3, -0.25) is 4.79 Å². The molecule has 1 amide bonds. The van der Waals surface area contributed by atoms with Crippen molar-refractivity contribution in [2.75, 3.05) is 18.6 Å². The van der Waals surface area contributed by atoms with E-state index < -0.39 is 17.9 Å². The second-order valence-electron chi connectivity index (χ2n) is 8.23. The van der Waals surface area contributed by atoms with Gasteiger partial charge in [0, 0.05) is 10.6 Å². The van der Waals surface area contributed by atoms with Gasteiger partial charge in [-0.15, -0.1) is 0 Å². The van der Waals surface area contributed by atoms with Gasteiger partial charge in [0.15, 0.2) is 0 Å². The summed E-state index contributed by atoms with van der Waals surface area (Å²) in [6.45, 7) is 2.89. The average molecular weight is 520 g/mol. The fraction of sp³-hybridized carbons (Fsp3) is 0.286. The number of carboxylic acid groups (broad SMARTS) is 1. The quantitative estimate of drug-likeness (QED) is 0.284. The van der Waals surface area contributed by atoms with Crippen LogP contribution in [0.4, 0.5) is 0 Å². The van der Waals surface area contributed by atoms with Crippen molar-refractivity contribution in [3.05, 3.63) is 94.0 Å². The number of aliphatic carboxylic acids is 1. The molecule has 3 rings (SSSR count). The molecule has 8 heteroatoms. The molecule has 0 bridgehead atoms. The summed E-state index contributed by atoms with van der Waals surface area (Å²) in [5, 5.41) is 13.0. The van der Waals surface area contributed by atoms with Gasteiger partial charge >= 0.3 is 24.8 Å². The molecule has 5 nitrogen and oxygen atoms in total. The Labute approximate surface area is 235 Å². The number of hydrogen-bond acceptors (Lipinski definition) is 4. The number of benzene rings is 3. The van der Waals surface area contributed by atoms with E-state index in [2.05, 4.69) is 5.32 Å². The third-order valence-electron chi connectivity index (χ3n) is 5.72. The topological polar surface area (TPSA) is 75.6 Å². The monoisotopic (exact) mass is 519 g/mol. The Balaban J connectivity index is 0.00000342. The minimum Gasteiger partial charge on any atom is -1.00 e. The molecule has 3 aromatic carbocycles. The molecule has 0 aliphatic heterocycles. The first-order valence-electron chi connectivity index (χ1n) is 11.4. The summed E-state index contributed by atoms with van der Waals surface area (Å²) in [6, 6.07) is 20.1. The summed E-state index contributed by atoms with van der Waals surface area (Å²) in [5.74, 6) is -0.789. The molecule has 0 aliphatic carbocycles. The fourth-order valence-electron chi connectivity index (χ4n) is 3.78. The molecule has 36 heavy (non-hydrogen) atoms. The third-order valence-corrected chi connectivity index (χ3v) is 6.73. The molecule has 0 spiro atoms. The Morgan fingerprint density at radius 2 is 1.81 bits per heavy atom. The number of carbonyl (C=O) groups is 2. The predicted octanol–water partition coefficient (Wildman–Crippen LogP) is 3.13. The molecule has 2 N–H and O–H groups in total. The van der Waals surface area contributed by atoms with Crippen molar-refractivity contribution in [3.63, 3.8) is 0 Å². The van der Waals surface area contributed by atoms with E-state index >= 15 is 0 Å². The molecular formula is C28H31ClLiNO4S. The number of carboxylic acids is 1. The van der Waals surface area contributed by atoms with Gasteiger partial charge in [0.1, 0.15) is 6.04 Å². The molecule has 0 radical (unpaired) electrons. The van der Waals surface area contributed by atoms with E-state index in [-0.39, 0.29) is 20.3 Å². The van der Waals surface area contributed by atoms with E-state index in [4.69, 9.17) is 16.3 Å². The molecule has 0 aliphatic rings. The second-order valence-corrected chi connectivity index (χ2v) is 9.63. The minimum atomic E-state index is -1.03. The van der Waals surface area contributed by atoms with Gasteiger partial charge in [0.25, 0.3) is 5.91 Å². The van der Waals surface area contributed by atoms with E-state index in [0.29, 0.717) is 37.4 Å². The summed E-state index contributed by atoms with van der Waals surface area (Å²) in [6.07, 6.45) is 2.98. The van der Waals surface area contributed by atoms with Crippen LogP contribution in [0, 0.1) is 6.92 Å². The van der Waals surface area contributed by atoms with Gasteiger partial charge in [-0.25, -0.2) is 4.79 Å². The third kappa shape index (κ3) is 8.43. The van der Waals surface area contributed by atoms with Crippen LogP contribution in [0.2, 0.25) is 5.02 Å². The van der Waals surface area contributed by atoms with Crippen molar-refractivity contribution in [2.45, 2.75) is 32.4 Å². The van der Waals surface area contributed by atoms with Crippen molar-refractivity contribution >= 4 is 35.2 Å². The number of hydrogen-bond donors (Lipinski definition) is 2. The van der Waals surface area contributed by atoms with E-state index in [1.165, 1.54) is 0 Å². The molecule has 186 valence electrons. The number of rotatable bonds is 12. The van der Waals surface area contributed by atoms with Gasteiger partial charge in [-0.1, -0.05) is 60.1 Å². The molecule has 0 fully saturated rings. The molecule has 0 aromatic heterocycles. The number of amides is 1. The zero-order valence-corrected chi connectivity index (χ0v) is 22.5. The molecule has 0 heterocycles. The summed E-state index contributed by atoms with van der Waals surface area (Å²) in [4.78, 5) is 24.8. The zero-order chi connectivity index (χ0) is 25.2. The van der Waals surface area contributed by atoms with Crippen molar-refractivity contribution in [2.24, 2.45) is 0 Å². The molecule has 1 unspecified atom stereocenters. The zero-order valence-electron chi connectivity index (χ0n) is 21.9. The number of nitrogens with one attached hydrogen (secondary N) is 1. The maximum absolute atomic E-state index is 13.2. The number of aryl methyl sites for hydroxylation is 1. The molecule has 0 saturated carbocycles. The van der Waals surface area contributed by atoms with Crippen molar-refractivity contribution in [1.29, 1.82) is 0 Å². The number of ether oxygens (including phenoxy) is 1. The second kappa shape index (κ2) is 15.1. The van der Waals surface area contributed by atoms with Crippen LogP contribution in [0.15, 0.2) is 66.7 Å². The van der Waals surface area contributed by atoms with Gasteiger partial charge in [0.2, 0.25) is 0 Å². The van der Waals surface area contributed by atoms with E-state index in [9.17, 15) is 14.7 Å². The smallest absolute Gasteiger partial charge is 1.00 e. The Hall–Kier alpha value is -2.20. The Bertz CT molecular complexity index is 1180. The summed E-state index contributed by atoms with van der Waals surface area (Å²) >= 11 is 7.77. The first kappa shape index (κ1) is 30.0. The molecule has 1 atom stereocenters. The number of halogens is 1. The maximum atomic E-state index is 13.2.